The second-order valence-corrected chi connectivity index (χ2v) is 7.96. The SMILES string of the molecule is C=CC(=O)N1CCN(C2NC=Nc3cc(-c4cccc5cncnc45)c(Cl)cc32)CC1. The Morgan fingerprint density at radius 3 is 2.84 bits per heavy atom. The van der Waals surface area contributed by atoms with Gasteiger partial charge in [0.05, 0.1) is 17.5 Å². The molecule has 3 aromatic rings. The third kappa shape index (κ3) is 3.56. The number of para-hydroxylation sites is 1. The van der Waals surface area contributed by atoms with Gasteiger partial charge in [-0.15, -0.1) is 0 Å². The number of nitrogens with zero attached hydrogens (tertiary/aromatic N) is 5. The van der Waals surface area contributed by atoms with E-state index in [1.54, 1.807) is 18.9 Å². The van der Waals surface area contributed by atoms with E-state index in [9.17, 15) is 4.79 Å². The second-order valence-electron chi connectivity index (χ2n) is 7.55. The first-order chi connectivity index (χ1) is 15.2. The normalized spacial score (nSPS) is 18.5. The number of amides is 1. The van der Waals surface area contributed by atoms with Crippen LogP contribution in [0.15, 0.2) is 60.5 Å². The molecule has 1 atom stereocenters. The summed E-state index contributed by atoms with van der Waals surface area (Å²) >= 11 is 6.78. The molecule has 1 unspecified atom stereocenters. The number of nitrogens with one attached hydrogen (secondary N) is 1. The summed E-state index contributed by atoms with van der Waals surface area (Å²) in [5.41, 5.74) is 4.60. The Labute approximate surface area is 185 Å². The minimum absolute atomic E-state index is 0.0233. The number of rotatable bonds is 3. The number of halogens is 1. The van der Waals surface area contributed by atoms with Gasteiger partial charge in [-0.3, -0.25) is 9.69 Å². The number of piperazine rings is 1. The molecule has 2 aromatic carbocycles. The summed E-state index contributed by atoms with van der Waals surface area (Å²) in [5, 5.41) is 4.96. The number of aromatic nitrogens is 2. The van der Waals surface area contributed by atoms with E-state index in [2.05, 4.69) is 31.8 Å². The Morgan fingerprint density at radius 2 is 2.03 bits per heavy atom. The number of carbonyl (C=O) groups is 1. The van der Waals surface area contributed by atoms with Gasteiger partial charge in [0, 0.05) is 59.5 Å². The van der Waals surface area contributed by atoms with Crippen LogP contribution in [0.4, 0.5) is 5.69 Å². The molecule has 1 saturated heterocycles. The molecule has 7 nitrogen and oxygen atoms in total. The molecular formula is C23H21ClN6O. The molecule has 0 radical (unpaired) electrons. The standard InChI is InChI=1S/C23H21ClN6O/c1-2-21(31)29-6-8-30(9-7-29)23-18-10-19(24)17(11-20(18)26-14-28-23)16-5-3-4-15-12-25-13-27-22(15)16/h2-5,10-14,23H,1,6-9H2,(H,26,28). The summed E-state index contributed by atoms with van der Waals surface area (Å²) in [5.74, 6) is -0.0233. The predicted octanol–water partition coefficient (Wildman–Crippen LogP) is 3.54. The maximum Gasteiger partial charge on any atom is 0.246 e. The second kappa shape index (κ2) is 8.09. The van der Waals surface area contributed by atoms with Crippen molar-refractivity contribution in [3.8, 4) is 11.1 Å². The maximum atomic E-state index is 11.9. The quantitative estimate of drug-likeness (QED) is 0.641. The van der Waals surface area contributed by atoms with E-state index in [-0.39, 0.29) is 12.1 Å². The van der Waals surface area contributed by atoms with Gasteiger partial charge >= 0.3 is 0 Å². The third-order valence-corrected chi connectivity index (χ3v) is 6.15. The zero-order chi connectivity index (χ0) is 21.4. The number of fused-ring (bicyclic) bond motifs is 2. The van der Waals surface area contributed by atoms with Crippen molar-refractivity contribution in [1.82, 2.24) is 25.1 Å². The first-order valence-corrected chi connectivity index (χ1v) is 10.5. The van der Waals surface area contributed by atoms with Crippen LogP contribution in [-0.4, -0.2) is 58.2 Å². The minimum Gasteiger partial charge on any atom is -0.357 e. The van der Waals surface area contributed by atoms with E-state index >= 15 is 0 Å². The fraction of sp³-hybridized carbons (Fsp3) is 0.217. The number of hydrogen-bond acceptors (Lipinski definition) is 6. The number of hydrogen-bond donors (Lipinski definition) is 1. The molecular weight excluding hydrogens is 412 g/mol. The molecule has 31 heavy (non-hydrogen) atoms. The summed E-state index contributed by atoms with van der Waals surface area (Å²) in [4.78, 5) is 29.1. The molecule has 0 saturated carbocycles. The Bertz CT molecular complexity index is 1200. The zero-order valence-electron chi connectivity index (χ0n) is 16.8. The lowest BCUT2D eigenvalue weighted by molar-refractivity contribution is -0.128. The summed E-state index contributed by atoms with van der Waals surface area (Å²) in [6.07, 6.45) is 6.41. The van der Waals surface area contributed by atoms with Crippen molar-refractivity contribution in [1.29, 1.82) is 0 Å². The Morgan fingerprint density at radius 1 is 1.19 bits per heavy atom. The highest BCUT2D eigenvalue weighted by Gasteiger charge is 2.29. The van der Waals surface area contributed by atoms with Gasteiger partial charge < -0.3 is 10.2 Å². The van der Waals surface area contributed by atoms with Crippen molar-refractivity contribution in [2.45, 2.75) is 6.17 Å². The van der Waals surface area contributed by atoms with Gasteiger partial charge in [0.15, 0.2) is 0 Å². The van der Waals surface area contributed by atoms with Crippen LogP contribution >= 0.6 is 11.6 Å². The Hall–Kier alpha value is -3.29. The fourth-order valence-electron chi connectivity index (χ4n) is 4.25. The van der Waals surface area contributed by atoms with Crippen LogP contribution < -0.4 is 5.32 Å². The van der Waals surface area contributed by atoms with E-state index in [1.807, 2.05) is 35.2 Å². The van der Waals surface area contributed by atoms with Crippen LogP contribution in [0.5, 0.6) is 0 Å². The molecule has 2 aliphatic rings. The van der Waals surface area contributed by atoms with Crippen LogP contribution in [0.1, 0.15) is 11.7 Å². The van der Waals surface area contributed by atoms with Crippen molar-refractivity contribution in [2.75, 3.05) is 26.2 Å². The molecule has 5 rings (SSSR count). The lowest BCUT2D eigenvalue weighted by Crippen LogP contribution is -2.52. The third-order valence-electron chi connectivity index (χ3n) is 5.84. The average molecular weight is 433 g/mol. The summed E-state index contributed by atoms with van der Waals surface area (Å²) < 4.78 is 0. The molecule has 0 aliphatic carbocycles. The number of carbonyl (C=O) groups excluding carboxylic acids is 1. The Kier molecular flexibility index (Phi) is 5.13. The number of benzene rings is 2. The van der Waals surface area contributed by atoms with Gasteiger partial charge in [-0.2, -0.15) is 0 Å². The molecule has 1 aromatic heterocycles. The molecule has 8 heteroatoms. The van der Waals surface area contributed by atoms with Crippen molar-refractivity contribution < 1.29 is 4.79 Å². The molecule has 0 bridgehead atoms. The highest BCUT2D eigenvalue weighted by Crippen LogP contribution is 2.40. The van der Waals surface area contributed by atoms with E-state index in [0.717, 1.165) is 46.4 Å². The van der Waals surface area contributed by atoms with E-state index in [1.165, 1.54) is 6.08 Å². The average Bonchev–Trinajstić information content (AvgIpc) is 2.82. The van der Waals surface area contributed by atoms with Crippen molar-refractivity contribution >= 4 is 40.4 Å². The summed E-state index contributed by atoms with van der Waals surface area (Å²) in [6, 6.07) is 9.99. The topological polar surface area (TPSA) is 73.7 Å². The molecule has 0 spiro atoms. The highest BCUT2D eigenvalue weighted by atomic mass is 35.5. The van der Waals surface area contributed by atoms with Crippen LogP contribution in [0, 0.1) is 0 Å². The van der Waals surface area contributed by atoms with Crippen molar-refractivity contribution in [3.05, 3.63) is 66.1 Å². The van der Waals surface area contributed by atoms with Crippen LogP contribution in [0.25, 0.3) is 22.0 Å². The van der Waals surface area contributed by atoms with Gasteiger partial charge in [0.2, 0.25) is 5.91 Å². The van der Waals surface area contributed by atoms with Crippen LogP contribution in [0.3, 0.4) is 0 Å². The fourth-order valence-corrected chi connectivity index (χ4v) is 4.52. The largest absolute Gasteiger partial charge is 0.357 e. The van der Waals surface area contributed by atoms with E-state index in [0.29, 0.717) is 18.1 Å². The monoisotopic (exact) mass is 432 g/mol. The minimum atomic E-state index is -0.0464. The summed E-state index contributed by atoms with van der Waals surface area (Å²) in [7, 11) is 0. The highest BCUT2D eigenvalue weighted by molar-refractivity contribution is 6.34. The van der Waals surface area contributed by atoms with E-state index in [4.69, 9.17) is 11.6 Å². The first-order valence-electron chi connectivity index (χ1n) is 10.1. The molecule has 156 valence electrons. The maximum absolute atomic E-state index is 11.9. The van der Waals surface area contributed by atoms with Crippen LogP contribution in [0.2, 0.25) is 5.02 Å². The van der Waals surface area contributed by atoms with Gasteiger partial charge in [0.1, 0.15) is 12.5 Å². The summed E-state index contributed by atoms with van der Waals surface area (Å²) in [6.45, 7) is 6.41. The van der Waals surface area contributed by atoms with Crippen molar-refractivity contribution in [2.24, 2.45) is 4.99 Å². The lowest BCUT2D eigenvalue weighted by atomic mass is 9.98. The van der Waals surface area contributed by atoms with Gasteiger partial charge in [-0.05, 0) is 18.2 Å². The lowest BCUT2D eigenvalue weighted by Gasteiger charge is -2.40. The molecule has 3 heterocycles. The van der Waals surface area contributed by atoms with Gasteiger partial charge in [-0.1, -0.05) is 36.4 Å². The first kappa shape index (κ1) is 19.7. The molecule has 1 fully saturated rings. The molecule has 2 aliphatic heterocycles. The van der Waals surface area contributed by atoms with E-state index < -0.39 is 0 Å². The predicted molar refractivity (Wildman–Crippen MR) is 122 cm³/mol. The molecule has 1 amide bonds. The number of aliphatic imine (C=N–C) groups is 1. The van der Waals surface area contributed by atoms with Gasteiger partial charge in [0.25, 0.3) is 0 Å². The van der Waals surface area contributed by atoms with Crippen molar-refractivity contribution in [3.63, 3.8) is 0 Å². The van der Waals surface area contributed by atoms with Crippen LogP contribution in [-0.2, 0) is 4.79 Å². The van der Waals surface area contributed by atoms with Gasteiger partial charge in [-0.25, -0.2) is 15.0 Å². The zero-order valence-corrected chi connectivity index (χ0v) is 17.6. The molecule has 1 N–H and O–H groups in total. The smallest absolute Gasteiger partial charge is 0.246 e. The Balaban J connectivity index is 1.48.